The van der Waals surface area contributed by atoms with Crippen LogP contribution in [0.15, 0.2) is 23.3 Å². The minimum Gasteiger partial charge on any atom is -0.478 e. The van der Waals surface area contributed by atoms with Crippen molar-refractivity contribution in [3.05, 3.63) is 23.3 Å². The summed E-state index contributed by atoms with van der Waals surface area (Å²) >= 11 is 0. The van der Waals surface area contributed by atoms with Gasteiger partial charge in [0.15, 0.2) is 0 Å². The third kappa shape index (κ3) is 12.5. The molecular weight excluding hydrogens is 232 g/mol. The standard InChI is InChI=1S/2C7H12O2/c1-5(2)4-6(3)7(8)9;1-3-4-5-6(2)7(8)9/h4-5H,1-3H3,(H,8,9);5H,3-4H2,1-2H3,(H,8,9)/b6-4+;6-5+. The van der Waals surface area contributed by atoms with Gasteiger partial charge in [-0.15, -0.1) is 0 Å². The summed E-state index contributed by atoms with van der Waals surface area (Å²) < 4.78 is 0. The number of hydrogen-bond donors (Lipinski definition) is 2. The molecule has 0 amide bonds. The van der Waals surface area contributed by atoms with E-state index in [-0.39, 0.29) is 0 Å². The Morgan fingerprint density at radius 3 is 1.72 bits per heavy atom. The number of allylic oxidation sites excluding steroid dienone is 2. The second-order valence-electron chi connectivity index (χ2n) is 4.38. The Kier molecular flexibility index (Phi) is 11.0. The summed E-state index contributed by atoms with van der Waals surface area (Å²) in [5, 5.41) is 16.7. The van der Waals surface area contributed by atoms with Gasteiger partial charge in [0.1, 0.15) is 0 Å². The van der Waals surface area contributed by atoms with Crippen molar-refractivity contribution < 1.29 is 19.8 Å². The largest absolute Gasteiger partial charge is 0.478 e. The van der Waals surface area contributed by atoms with Crippen molar-refractivity contribution in [2.45, 2.75) is 47.5 Å². The number of carbonyl (C=O) groups is 2. The number of aliphatic carboxylic acids is 2. The molecule has 0 fully saturated rings. The van der Waals surface area contributed by atoms with Crippen molar-refractivity contribution in [2.75, 3.05) is 0 Å². The van der Waals surface area contributed by atoms with E-state index >= 15 is 0 Å². The van der Waals surface area contributed by atoms with Crippen LogP contribution in [0.4, 0.5) is 0 Å². The Labute approximate surface area is 109 Å². The minimum absolute atomic E-state index is 0.320. The Balaban J connectivity index is 0. The van der Waals surface area contributed by atoms with Gasteiger partial charge in [-0.2, -0.15) is 0 Å². The van der Waals surface area contributed by atoms with Crippen LogP contribution in [0.2, 0.25) is 0 Å². The maximum Gasteiger partial charge on any atom is 0.330 e. The molecule has 0 spiro atoms. The Bertz CT molecular complexity index is 325. The normalized spacial score (nSPS) is 11.9. The fourth-order valence-corrected chi connectivity index (χ4v) is 1.02. The molecule has 2 N–H and O–H groups in total. The number of carboxylic acid groups (broad SMARTS) is 2. The van der Waals surface area contributed by atoms with Crippen molar-refractivity contribution in [1.29, 1.82) is 0 Å². The van der Waals surface area contributed by atoms with Gasteiger partial charge in [0, 0.05) is 11.1 Å². The third-order valence-electron chi connectivity index (χ3n) is 2.00. The summed E-state index contributed by atoms with van der Waals surface area (Å²) in [4.78, 5) is 20.3. The maximum absolute atomic E-state index is 10.2. The minimum atomic E-state index is -0.830. The molecule has 0 aromatic carbocycles. The highest BCUT2D eigenvalue weighted by molar-refractivity contribution is 5.86. The van der Waals surface area contributed by atoms with E-state index in [1.165, 1.54) is 0 Å². The van der Waals surface area contributed by atoms with Crippen molar-refractivity contribution in [1.82, 2.24) is 0 Å². The predicted molar refractivity (Wildman–Crippen MR) is 72.5 cm³/mol. The molecule has 4 nitrogen and oxygen atoms in total. The molecule has 0 atom stereocenters. The first-order valence-electron chi connectivity index (χ1n) is 6.04. The van der Waals surface area contributed by atoms with Gasteiger partial charge < -0.3 is 10.2 Å². The molecule has 0 aromatic rings. The summed E-state index contributed by atoms with van der Waals surface area (Å²) in [6.45, 7) is 9.13. The molecule has 0 aliphatic carbocycles. The molecule has 4 heteroatoms. The van der Waals surface area contributed by atoms with E-state index in [9.17, 15) is 9.59 Å². The summed E-state index contributed by atoms with van der Waals surface area (Å²) in [7, 11) is 0. The monoisotopic (exact) mass is 256 g/mol. The number of hydrogen-bond acceptors (Lipinski definition) is 2. The van der Waals surface area contributed by atoms with Gasteiger partial charge >= 0.3 is 11.9 Å². The lowest BCUT2D eigenvalue weighted by Gasteiger charge is -1.95. The first kappa shape index (κ1) is 18.8. The van der Waals surface area contributed by atoms with Crippen LogP contribution in [0.3, 0.4) is 0 Å². The summed E-state index contributed by atoms with van der Waals surface area (Å²) in [6.07, 6.45) is 5.33. The molecule has 0 bridgehead atoms. The van der Waals surface area contributed by atoms with Gasteiger partial charge in [0.05, 0.1) is 0 Å². The molecule has 0 radical (unpaired) electrons. The average molecular weight is 256 g/mol. The third-order valence-corrected chi connectivity index (χ3v) is 2.00. The quantitative estimate of drug-likeness (QED) is 0.738. The highest BCUT2D eigenvalue weighted by atomic mass is 16.4. The first-order valence-corrected chi connectivity index (χ1v) is 6.04. The second kappa shape index (κ2) is 10.6. The molecule has 0 unspecified atom stereocenters. The Morgan fingerprint density at radius 2 is 1.50 bits per heavy atom. The van der Waals surface area contributed by atoms with Gasteiger partial charge in [-0.05, 0) is 26.2 Å². The molecule has 0 saturated heterocycles. The molecule has 0 aliphatic rings. The predicted octanol–water partition coefficient (Wildman–Crippen LogP) is 3.49. The van der Waals surface area contributed by atoms with Crippen LogP contribution in [0, 0.1) is 5.92 Å². The van der Waals surface area contributed by atoms with Crippen molar-refractivity contribution in [3.63, 3.8) is 0 Å². The zero-order chi connectivity index (χ0) is 14.7. The molecular formula is C14H24O4. The van der Waals surface area contributed by atoms with Gasteiger partial charge in [0.2, 0.25) is 0 Å². The lowest BCUT2D eigenvalue weighted by molar-refractivity contribution is -0.133. The van der Waals surface area contributed by atoms with Gasteiger partial charge in [-0.3, -0.25) is 0 Å². The van der Waals surface area contributed by atoms with Crippen LogP contribution in [0.1, 0.15) is 47.5 Å². The highest BCUT2D eigenvalue weighted by Crippen LogP contribution is 2.00. The van der Waals surface area contributed by atoms with Gasteiger partial charge in [-0.1, -0.05) is 39.3 Å². The zero-order valence-electron chi connectivity index (χ0n) is 11.9. The van der Waals surface area contributed by atoms with E-state index in [0.29, 0.717) is 17.1 Å². The molecule has 18 heavy (non-hydrogen) atoms. The van der Waals surface area contributed by atoms with Crippen molar-refractivity contribution in [3.8, 4) is 0 Å². The number of rotatable bonds is 5. The van der Waals surface area contributed by atoms with E-state index < -0.39 is 11.9 Å². The van der Waals surface area contributed by atoms with Crippen LogP contribution < -0.4 is 0 Å². The smallest absolute Gasteiger partial charge is 0.330 e. The Hall–Kier alpha value is -1.58. The molecule has 0 saturated carbocycles. The molecule has 0 heterocycles. The summed E-state index contributed by atoms with van der Waals surface area (Å²) in [5.74, 6) is -1.33. The van der Waals surface area contributed by atoms with Gasteiger partial charge in [-0.25, -0.2) is 9.59 Å². The van der Waals surface area contributed by atoms with E-state index in [1.54, 1.807) is 26.0 Å². The van der Waals surface area contributed by atoms with Crippen LogP contribution in [-0.2, 0) is 9.59 Å². The highest BCUT2D eigenvalue weighted by Gasteiger charge is 1.98. The molecule has 104 valence electrons. The number of carboxylic acids is 2. The lowest BCUT2D eigenvalue weighted by Crippen LogP contribution is -1.97. The maximum atomic E-state index is 10.2. The van der Waals surface area contributed by atoms with Crippen molar-refractivity contribution >= 4 is 11.9 Å². The van der Waals surface area contributed by atoms with Gasteiger partial charge in [0.25, 0.3) is 0 Å². The number of unbranched alkanes of at least 4 members (excludes halogenated alkanes) is 1. The lowest BCUT2D eigenvalue weighted by atomic mass is 10.1. The summed E-state index contributed by atoms with van der Waals surface area (Å²) in [6, 6.07) is 0. The molecule has 0 rings (SSSR count). The first-order chi connectivity index (χ1) is 8.22. The van der Waals surface area contributed by atoms with E-state index in [2.05, 4.69) is 0 Å². The van der Waals surface area contributed by atoms with Crippen LogP contribution in [0.25, 0.3) is 0 Å². The van der Waals surface area contributed by atoms with E-state index in [4.69, 9.17) is 10.2 Å². The van der Waals surface area contributed by atoms with Crippen LogP contribution in [-0.4, -0.2) is 22.2 Å². The SMILES string of the molecule is C/C(=C\C(C)C)C(=O)O.CCC/C=C(\C)C(=O)O. The fraction of sp³-hybridized carbons (Fsp3) is 0.571. The second-order valence-corrected chi connectivity index (χ2v) is 4.38. The zero-order valence-corrected chi connectivity index (χ0v) is 11.9. The topological polar surface area (TPSA) is 74.6 Å². The average Bonchev–Trinajstić information content (AvgIpc) is 2.25. The Morgan fingerprint density at radius 1 is 1.06 bits per heavy atom. The fourth-order valence-electron chi connectivity index (χ4n) is 1.02. The van der Waals surface area contributed by atoms with Crippen molar-refractivity contribution in [2.24, 2.45) is 5.92 Å². The molecule has 0 aromatic heterocycles. The van der Waals surface area contributed by atoms with E-state index in [1.807, 2.05) is 20.8 Å². The van der Waals surface area contributed by atoms with E-state index in [0.717, 1.165) is 12.8 Å². The molecule has 0 aliphatic heterocycles. The summed E-state index contributed by atoms with van der Waals surface area (Å²) in [5.41, 5.74) is 0.863. The van der Waals surface area contributed by atoms with Crippen LogP contribution in [0.5, 0.6) is 0 Å². The van der Waals surface area contributed by atoms with Crippen LogP contribution >= 0.6 is 0 Å².